The van der Waals surface area contributed by atoms with Gasteiger partial charge in [-0.3, -0.25) is 4.79 Å². The summed E-state index contributed by atoms with van der Waals surface area (Å²) in [5.74, 6) is 0.351. The van der Waals surface area contributed by atoms with Crippen LogP contribution in [0.25, 0.3) is 0 Å². The molecule has 0 bridgehead atoms. The predicted molar refractivity (Wildman–Crippen MR) is 46.3 cm³/mol. The second kappa shape index (κ2) is 2.45. The van der Waals surface area contributed by atoms with Crippen LogP contribution in [0.5, 0.6) is 0 Å². The fourth-order valence-electron chi connectivity index (χ4n) is 1.54. The van der Waals surface area contributed by atoms with Crippen LogP contribution in [0.4, 0.5) is 0 Å². The first kappa shape index (κ1) is 7.04. The summed E-state index contributed by atoms with van der Waals surface area (Å²) in [4.78, 5) is 13.6. The van der Waals surface area contributed by atoms with E-state index in [1.165, 1.54) is 10.4 Å². The van der Waals surface area contributed by atoms with Gasteiger partial charge in [0, 0.05) is 11.3 Å². The van der Waals surface area contributed by atoms with Crippen molar-refractivity contribution in [3.8, 4) is 0 Å². The van der Waals surface area contributed by atoms with Gasteiger partial charge in [0.15, 0.2) is 5.78 Å². The van der Waals surface area contributed by atoms with Crippen molar-refractivity contribution in [1.29, 1.82) is 0 Å². The molecule has 11 heavy (non-hydrogen) atoms. The minimum absolute atomic E-state index is 0.351. The highest BCUT2D eigenvalue weighted by molar-refractivity contribution is 7.14. The quantitative estimate of drug-likeness (QED) is 0.579. The number of thiophene rings is 1. The Labute approximate surface area is 70.1 Å². The van der Waals surface area contributed by atoms with Crippen molar-refractivity contribution in [1.82, 2.24) is 0 Å². The number of hydrogen-bond donors (Lipinski definition) is 0. The molecule has 0 fully saturated rings. The van der Waals surface area contributed by atoms with Gasteiger partial charge in [0.1, 0.15) is 0 Å². The maximum Gasteiger partial charge on any atom is 0.173 e. The largest absolute Gasteiger partial charge is 0.293 e. The maximum absolute atomic E-state index is 11.3. The van der Waals surface area contributed by atoms with Gasteiger partial charge >= 0.3 is 0 Å². The molecular formula is C9H10OS. The van der Waals surface area contributed by atoms with Crippen molar-refractivity contribution >= 4 is 17.1 Å². The zero-order chi connectivity index (χ0) is 7.84. The third kappa shape index (κ3) is 1.11. The molecule has 1 aliphatic carbocycles. The summed E-state index contributed by atoms with van der Waals surface area (Å²) >= 11 is 1.65. The van der Waals surface area contributed by atoms with Crippen LogP contribution < -0.4 is 0 Å². The Morgan fingerprint density at radius 3 is 3.00 bits per heavy atom. The number of aryl methyl sites for hydroxylation is 2. The summed E-state index contributed by atoms with van der Waals surface area (Å²) in [6, 6.07) is 2.15. The second-order valence-corrected chi connectivity index (χ2v) is 4.24. The van der Waals surface area contributed by atoms with E-state index >= 15 is 0 Å². The summed E-state index contributed by atoms with van der Waals surface area (Å²) in [6.45, 7) is 2.07. The molecule has 0 aliphatic heterocycles. The highest BCUT2D eigenvalue weighted by atomic mass is 32.1. The molecule has 1 aliphatic rings. The number of fused-ring (bicyclic) bond motifs is 1. The Morgan fingerprint density at radius 1 is 1.45 bits per heavy atom. The van der Waals surface area contributed by atoms with Gasteiger partial charge in [-0.15, -0.1) is 11.3 Å². The van der Waals surface area contributed by atoms with E-state index in [0.717, 1.165) is 24.1 Å². The molecule has 0 saturated carbocycles. The SMILES string of the molecule is Cc1cc2c(s1)C(=O)CCC2. The molecule has 58 valence electrons. The van der Waals surface area contributed by atoms with Crippen molar-refractivity contribution < 1.29 is 4.79 Å². The van der Waals surface area contributed by atoms with E-state index in [0.29, 0.717) is 5.78 Å². The molecule has 0 radical (unpaired) electrons. The van der Waals surface area contributed by atoms with Crippen LogP contribution in [0.15, 0.2) is 6.07 Å². The number of ketones is 1. The van der Waals surface area contributed by atoms with E-state index < -0.39 is 0 Å². The van der Waals surface area contributed by atoms with Crippen LogP contribution >= 0.6 is 11.3 Å². The van der Waals surface area contributed by atoms with E-state index in [-0.39, 0.29) is 0 Å². The van der Waals surface area contributed by atoms with Gasteiger partial charge in [-0.2, -0.15) is 0 Å². The fraction of sp³-hybridized carbons (Fsp3) is 0.444. The Balaban J connectivity index is 2.52. The molecule has 1 aromatic heterocycles. The highest BCUT2D eigenvalue weighted by Crippen LogP contribution is 2.28. The lowest BCUT2D eigenvalue weighted by Gasteiger charge is -2.07. The number of carbonyl (C=O) groups is 1. The minimum Gasteiger partial charge on any atom is -0.293 e. The van der Waals surface area contributed by atoms with Crippen molar-refractivity contribution in [3.05, 3.63) is 21.4 Å². The van der Waals surface area contributed by atoms with Gasteiger partial charge in [-0.05, 0) is 31.4 Å². The van der Waals surface area contributed by atoms with Crippen molar-refractivity contribution in [2.75, 3.05) is 0 Å². The third-order valence-electron chi connectivity index (χ3n) is 2.04. The number of hydrogen-bond acceptors (Lipinski definition) is 2. The summed E-state index contributed by atoms with van der Waals surface area (Å²) in [7, 11) is 0. The van der Waals surface area contributed by atoms with E-state index in [1.54, 1.807) is 11.3 Å². The zero-order valence-corrected chi connectivity index (χ0v) is 7.33. The Hall–Kier alpha value is -0.630. The summed E-state index contributed by atoms with van der Waals surface area (Å²) in [6.07, 6.45) is 2.90. The van der Waals surface area contributed by atoms with Crippen molar-refractivity contribution in [2.24, 2.45) is 0 Å². The third-order valence-corrected chi connectivity index (χ3v) is 3.17. The van der Waals surface area contributed by atoms with E-state index in [1.807, 2.05) is 0 Å². The fourth-order valence-corrected chi connectivity index (χ4v) is 2.57. The van der Waals surface area contributed by atoms with Crippen molar-refractivity contribution in [2.45, 2.75) is 26.2 Å². The molecule has 0 atom stereocenters. The van der Waals surface area contributed by atoms with Crippen LogP contribution in [0, 0.1) is 6.92 Å². The van der Waals surface area contributed by atoms with Crippen LogP contribution in [0.1, 0.15) is 33.0 Å². The summed E-state index contributed by atoms with van der Waals surface area (Å²) in [5.41, 5.74) is 1.28. The van der Waals surface area contributed by atoms with Crippen LogP contribution in [0.3, 0.4) is 0 Å². The topological polar surface area (TPSA) is 17.1 Å². The molecule has 0 unspecified atom stereocenters. The highest BCUT2D eigenvalue weighted by Gasteiger charge is 2.18. The molecule has 1 nitrogen and oxygen atoms in total. The number of Topliss-reactive ketones (excluding diaryl/α,β-unsaturated/α-hetero) is 1. The summed E-state index contributed by atoms with van der Waals surface area (Å²) in [5, 5.41) is 0. The normalized spacial score (nSPS) is 16.6. The van der Waals surface area contributed by atoms with Gasteiger partial charge in [0.05, 0.1) is 4.88 Å². The molecule has 0 N–H and O–H groups in total. The van der Waals surface area contributed by atoms with Gasteiger partial charge < -0.3 is 0 Å². The van der Waals surface area contributed by atoms with Gasteiger partial charge in [0.25, 0.3) is 0 Å². The van der Waals surface area contributed by atoms with E-state index in [9.17, 15) is 4.79 Å². The standard InChI is InChI=1S/C9H10OS/c1-6-5-7-3-2-4-8(10)9(7)11-6/h5H,2-4H2,1H3. The maximum atomic E-state index is 11.3. The second-order valence-electron chi connectivity index (χ2n) is 2.99. The molecule has 2 heteroatoms. The minimum atomic E-state index is 0.351. The molecule has 1 aromatic rings. The van der Waals surface area contributed by atoms with Crippen LogP contribution in [-0.2, 0) is 6.42 Å². The predicted octanol–water partition coefficient (Wildman–Crippen LogP) is 2.58. The molecular weight excluding hydrogens is 156 g/mol. The lowest BCUT2D eigenvalue weighted by Crippen LogP contribution is -2.06. The first-order valence-electron chi connectivity index (χ1n) is 3.90. The Morgan fingerprint density at radius 2 is 2.27 bits per heavy atom. The van der Waals surface area contributed by atoms with Gasteiger partial charge in [-0.1, -0.05) is 0 Å². The average Bonchev–Trinajstić information content (AvgIpc) is 2.31. The first-order chi connectivity index (χ1) is 5.27. The lowest BCUT2D eigenvalue weighted by atomic mass is 9.98. The molecule has 0 spiro atoms. The Kier molecular flexibility index (Phi) is 1.57. The molecule has 0 amide bonds. The number of carbonyl (C=O) groups excluding carboxylic acids is 1. The van der Waals surface area contributed by atoms with Crippen LogP contribution in [-0.4, -0.2) is 5.78 Å². The first-order valence-corrected chi connectivity index (χ1v) is 4.71. The Bertz CT molecular complexity index is 299. The summed E-state index contributed by atoms with van der Waals surface area (Å²) < 4.78 is 0. The van der Waals surface area contributed by atoms with Crippen molar-refractivity contribution in [3.63, 3.8) is 0 Å². The monoisotopic (exact) mass is 166 g/mol. The molecule has 0 aromatic carbocycles. The molecule has 0 saturated heterocycles. The van der Waals surface area contributed by atoms with Gasteiger partial charge in [-0.25, -0.2) is 0 Å². The zero-order valence-electron chi connectivity index (χ0n) is 6.52. The van der Waals surface area contributed by atoms with Gasteiger partial charge in [0.2, 0.25) is 0 Å². The van der Waals surface area contributed by atoms with E-state index in [4.69, 9.17) is 0 Å². The number of rotatable bonds is 0. The molecule has 1 heterocycles. The van der Waals surface area contributed by atoms with Crippen LogP contribution in [0.2, 0.25) is 0 Å². The smallest absolute Gasteiger partial charge is 0.173 e. The van der Waals surface area contributed by atoms with E-state index in [2.05, 4.69) is 13.0 Å². The average molecular weight is 166 g/mol. The lowest BCUT2D eigenvalue weighted by molar-refractivity contribution is 0.0977. The molecule has 2 rings (SSSR count).